The Morgan fingerprint density at radius 3 is 2.94 bits per heavy atom. The Labute approximate surface area is 104 Å². The molecule has 0 aliphatic heterocycles. The summed E-state index contributed by atoms with van der Waals surface area (Å²) in [6, 6.07) is 5.39. The summed E-state index contributed by atoms with van der Waals surface area (Å²) in [5, 5.41) is 11.3. The quantitative estimate of drug-likeness (QED) is 0.817. The van der Waals surface area contributed by atoms with E-state index in [0.717, 1.165) is 6.07 Å². The van der Waals surface area contributed by atoms with Gasteiger partial charge in [-0.05, 0) is 18.2 Å². The van der Waals surface area contributed by atoms with Crippen molar-refractivity contribution in [3.05, 3.63) is 29.6 Å². The molecule has 3 N–H and O–H groups in total. The molecule has 18 heavy (non-hydrogen) atoms. The van der Waals surface area contributed by atoms with Crippen LogP contribution in [-0.4, -0.2) is 25.7 Å². The average Bonchev–Trinajstić information content (AvgIpc) is 2.38. The Kier molecular flexibility index (Phi) is 5.24. The van der Waals surface area contributed by atoms with E-state index in [1.807, 2.05) is 6.07 Å². The summed E-state index contributed by atoms with van der Waals surface area (Å²) < 4.78 is 17.9. The van der Waals surface area contributed by atoms with Crippen molar-refractivity contribution in [2.75, 3.05) is 19.0 Å². The van der Waals surface area contributed by atoms with Crippen LogP contribution in [0.2, 0.25) is 0 Å². The molecule has 1 atom stereocenters. The molecule has 1 aromatic carbocycles. The molecule has 1 unspecified atom stereocenters. The van der Waals surface area contributed by atoms with Crippen LogP contribution in [0.1, 0.15) is 12.0 Å². The predicted molar refractivity (Wildman–Crippen MR) is 64.2 cm³/mol. The van der Waals surface area contributed by atoms with Crippen LogP contribution in [-0.2, 0) is 9.53 Å². The second-order valence-corrected chi connectivity index (χ2v) is 3.65. The SMILES string of the molecule is COC(CN)CC(=O)Nc1ccc(F)cc1C#N. The minimum absolute atomic E-state index is 0.0741. The zero-order chi connectivity index (χ0) is 13.5. The minimum atomic E-state index is -0.527. The summed E-state index contributed by atoms with van der Waals surface area (Å²) in [6.45, 7) is 0.221. The number of nitrogens with one attached hydrogen (secondary N) is 1. The average molecular weight is 251 g/mol. The largest absolute Gasteiger partial charge is 0.380 e. The molecule has 0 aliphatic carbocycles. The summed E-state index contributed by atoms with van der Waals surface area (Å²) >= 11 is 0. The van der Waals surface area contributed by atoms with Crippen LogP contribution in [0, 0.1) is 17.1 Å². The number of hydrogen-bond acceptors (Lipinski definition) is 4. The van der Waals surface area contributed by atoms with Gasteiger partial charge in [-0.3, -0.25) is 4.79 Å². The van der Waals surface area contributed by atoms with E-state index in [1.165, 1.54) is 19.2 Å². The van der Waals surface area contributed by atoms with Crippen LogP contribution < -0.4 is 11.1 Å². The number of nitriles is 1. The Morgan fingerprint density at radius 2 is 2.39 bits per heavy atom. The summed E-state index contributed by atoms with van der Waals surface area (Å²) in [6.07, 6.45) is -0.300. The van der Waals surface area contributed by atoms with Gasteiger partial charge < -0.3 is 15.8 Å². The molecular formula is C12H14FN3O2. The number of carbonyl (C=O) groups excluding carboxylic acids is 1. The minimum Gasteiger partial charge on any atom is -0.380 e. The summed E-state index contributed by atoms with van der Waals surface area (Å²) in [5.41, 5.74) is 5.74. The van der Waals surface area contributed by atoms with Crippen LogP contribution in [0.5, 0.6) is 0 Å². The highest BCUT2D eigenvalue weighted by Crippen LogP contribution is 2.16. The highest BCUT2D eigenvalue weighted by Gasteiger charge is 2.13. The van der Waals surface area contributed by atoms with E-state index < -0.39 is 5.82 Å². The number of nitrogens with zero attached hydrogens (tertiary/aromatic N) is 1. The van der Waals surface area contributed by atoms with Crippen LogP contribution in [0.3, 0.4) is 0 Å². The lowest BCUT2D eigenvalue weighted by Crippen LogP contribution is -2.28. The molecular weight excluding hydrogens is 237 g/mol. The van der Waals surface area contributed by atoms with Gasteiger partial charge in [0.05, 0.1) is 23.8 Å². The first kappa shape index (κ1) is 14.1. The molecule has 0 radical (unpaired) electrons. The van der Waals surface area contributed by atoms with Crippen molar-refractivity contribution in [3.63, 3.8) is 0 Å². The number of anilines is 1. The third-order valence-corrected chi connectivity index (χ3v) is 2.39. The van der Waals surface area contributed by atoms with E-state index in [4.69, 9.17) is 15.7 Å². The van der Waals surface area contributed by atoms with Crippen molar-refractivity contribution in [3.8, 4) is 6.07 Å². The lowest BCUT2D eigenvalue weighted by molar-refractivity contribution is -0.118. The van der Waals surface area contributed by atoms with Crippen LogP contribution >= 0.6 is 0 Å². The van der Waals surface area contributed by atoms with Crippen molar-refractivity contribution in [2.24, 2.45) is 5.73 Å². The first-order chi connectivity index (χ1) is 8.60. The Hall–Kier alpha value is -1.97. The molecule has 0 bridgehead atoms. The smallest absolute Gasteiger partial charge is 0.227 e. The van der Waals surface area contributed by atoms with E-state index in [9.17, 15) is 9.18 Å². The number of carbonyl (C=O) groups is 1. The molecule has 0 heterocycles. The van der Waals surface area contributed by atoms with Crippen LogP contribution in [0.15, 0.2) is 18.2 Å². The van der Waals surface area contributed by atoms with Crippen LogP contribution in [0.25, 0.3) is 0 Å². The first-order valence-electron chi connectivity index (χ1n) is 5.33. The van der Waals surface area contributed by atoms with Crippen molar-refractivity contribution in [1.82, 2.24) is 0 Å². The highest BCUT2D eigenvalue weighted by molar-refractivity contribution is 5.92. The summed E-state index contributed by atoms with van der Waals surface area (Å²) in [4.78, 5) is 11.6. The normalized spacial score (nSPS) is 11.7. The van der Waals surface area contributed by atoms with Gasteiger partial charge >= 0.3 is 0 Å². The maximum atomic E-state index is 12.9. The number of nitrogens with two attached hydrogens (primary N) is 1. The maximum absolute atomic E-state index is 12.9. The molecule has 1 rings (SSSR count). The lowest BCUT2D eigenvalue weighted by atomic mass is 10.1. The molecule has 0 spiro atoms. The predicted octanol–water partition coefficient (Wildman–Crippen LogP) is 1.000. The number of ether oxygens (including phenoxy) is 1. The van der Waals surface area contributed by atoms with Crippen molar-refractivity contribution >= 4 is 11.6 Å². The molecule has 1 aromatic rings. The van der Waals surface area contributed by atoms with Gasteiger partial charge in [0.2, 0.25) is 5.91 Å². The number of benzene rings is 1. The molecule has 0 aromatic heterocycles. The lowest BCUT2D eigenvalue weighted by Gasteiger charge is -2.13. The van der Waals surface area contributed by atoms with Gasteiger partial charge in [-0.1, -0.05) is 0 Å². The summed E-state index contributed by atoms with van der Waals surface area (Å²) in [7, 11) is 1.46. The third-order valence-electron chi connectivity index (χ3n) is 2.39. The van der Waals surface area contributed by atoms with Gasteiger partial charge in [0, 0.05) is 13.7 Å². The number of hydrogen-bond donors (Lipinski definition) is 2. The Balaban J connectivity index is 2.73. The Bertz CT molecular complexity index is 467. The maximum Gasteiger partial charge on any atom is 0.227 e. The highest BCUT2D eigenvalue weighted by atomic mass is 19.1. The van der Waals surface area contributed by atoms with E-state index in [1.54, 1.807) is 0 Å². The van der Waals surface area contributed by atoms with Crippen molar-refractivity contribution in [2.45, 2.75) is 12.5 Å². The monoisotopic (exact) mass is 251 g/mol. The molecule has 0 saturated carbocycles. The topological polar surface area (TPSA) is 88.1 Å². The summed E-state index contributed by atoms with van der Waals surface area (Å²) in [5.74, 6) is -0.864. The van der Waals surface area contributed by atoms with Crippen molar-refractivity contribution < 1.29 is 13.9 Å². The fourth-order valence-electron chi connectivity index (χ4n) is 1.39. The fourth-order valence-corrected chi connectivity index (χ4v) is 1.39. The van der Waals surface area contributed by atoms with Crippen LogP contribution in [0.4, 0.5) is 10.1 Å². The van der Waals surface area contributed by atoms with Gasteiger partial charge in [-0.15, -0.1) is 0 Å². The molecule has 0 aliphatic rings. The van der Waals surface area contributed by atoms with Gasteiger partial charge in [0.15, 0.2) is 0 Å². The van der Waals surface area contributed by atoms with E-state index in [0.29, 0.717) is 0 Å². The second-order valence-electron chi connectivity index (χ2n) is 3.65. The fraction of sp³-hybridized carbons (Fsp3) is 0.333. The van der Waals surface area contributed by atoms with Gasteiger partial charge in [-0.2, -0.15) is 5.26 Å². The Morgan fingerprint density at radius 1 is 1.67 bits per heavy atom. The number of amides is 1. The molecule has 5 nitrogen and oxygen atoms in total. The molecule has 0 saturated heterocycles. The van der Waals surface area contributed by atoms with Gasteiger partial charge in [0.1, 0.15) is 11.9 Å². The zero-order valence-corrected chi connectivity index (χ0v) is 9.94. The van der Waals surface area contributed by atoms with E-state index >= 15 is 0 Å². The first-order valence-corrected chi connectivity index (χ1v) is 5.33. The van der Waals surface area contributed by atoms with E-state index in [-0.39, 0.29) is 36.2 Å². The number of halogens is 1. The molecule has 96 valence electrons. The standard InChI is InChI=1S/C12H14FN3O2/c1-18-10(7-15)5-12(17)16-11-3-2-9(13)4-8(11)6-14/h2-4,10H,5,7,15H2,1H3,(H,16,17). The van der Waals surface area contributed by atoms with E-state index in [2.05, 4.69) is 5.32 Å². The molecule has 0 fully saturated rings. The third kappa shape index (κ3) is 3.80. The number of rotatable bonds is 5. The molecule has 6 heteroatoms. The molecule has 1 amide bonds. The van der Waals surface area contributed by atoms with Gasteiger partial charge in [0.25, 0.3) is 0 Å². The number of methoxy groups -OCH3 is 1. The van der Waals surface area contributed by atoms with Gasteiger partial charge in [-0.25, -0.2) is 4.39 Å². The van der Waals surface area contributed by atoms with Crippen molar-refractivity contribution in [1.29, 1.82) is 5.26 Å². The zero-order valence-electron chi connectivity index (χ0n) is 9.94. The second kappa shape index (κ2) is 6.69.